The maximum Gasteiger partial charge on any atom is 0.419 e. The van der Waals surface area contributed by atoms with Crippen molar-refractivity contribution in [2.75, 3.05) is 30.4 Å². The largest absolute Gasteiger partial charge is 0.419 e. The number of nitrogens with zero attached hydrogens (tertiary/aromatic N) is 2. The highest BCUT2D eigenvalue weighted by molar-refractivity contribution is 7.99. The minimum Gasteiger partial charge on any atom is -0.408 e. The first-order valence-corrected chi connectivity index (χ1v) is 8.37. The summed E-state index contributed by atoms with van der Waals surface area (Å²) in [4.78, 5) is 25.7. The number of thioether (sulfide) groups is 1. The Kier molecular flexibility index (Phi) is 4.26. The smallest absolute Gasteiger partial charge is 0.408 e. The number of rotatable bonds is 4. The van der Waals surface area contributed by atoms with E-state index >= 15 is 0 Å². The molecule has 0 aliphatic carbocycles. The van der Waals surface area contributed by atoms with Crippen molar-refractivity contribution in [3.63, 3.8) is 0 Å². The summed E-state index contributed by atoms with van der Waals surface area (Å²) in [6, 6.07) is 5.68. The highest BCUT2D eigenvalue weighted by Crippen LogP contribution is 2.21. The lowest BCUT2D eigenvalue weighted by Crippen LogP contribution is -2.37. The Morgan fingerprint density at radius 3 is 3.09 bits per heavy atom. The molecule has 1 N–H and O–H groups in total. The van der Waals surface area contributed by atoms with Gasteiger partial charge < -0.3 is 9.73 Å². The van der Waals surface area contributed by atoms with Gasteiger partial charge in [0, 0.05) is 24.5 Å². The fraction of sp³-hybridized carbons (Fsp3) is 0.467. The summed E-state index contributed by atoms with van der Waals surface area (Å²) in [5.74, 6) is 1.80. The van der Waals surface area contributed by atoms with E-state index in [0.29, 0.717) is 29.4 Å². The van der Waals surface area contributed by atoms with Crippen LogP contribution in [0.5, 0.6) is 0 Å². The number of hydrogen-bond acceptors (Lipinski definition) is 5. The third-order valence-electron chi connectivity index (χ3n) is 4.00. The molecule has 1 atom stereocenters. The number of oxazole rings is 1. The van der Waals surface area contributed by atoms with Crippen molar-refractivity contribution < 1.29 is 9.21 Å². The van der Waals surface area contributed by atoms with E-state index in [2.05, 4.69) is 10.2 Å². The van der Waals surface area contributed by atoms with Gasteiger partial charge in [0.1, 0.15) is 0 Å². The summed E-state index contributed by atoms with van der Waals surface area (Å²) in [7, 11) is 3.63. The van der Waals surface area contributed by atoms with Crippen LogP contribution in [0, 0.1) is 0 Å². The Morgan fingerprint density at radius 1 is 1.55 bits per heavy atom. The van der Waals surface area contributed by atoms with Crippen LogP contribution in [0.1, 0.15) is 6.42 Å². The van der Waals surface area contributed by atoms with E-state index in [-0.39, 0.29) is 5.91 Å². The highest BCUT2D eigenvalue weighted by atomic mass is 32.2. The van der Waals surface area contributed by atoms with Gasteiger partial charge in [0.25, 0.3) is 0 Å². The van der Waals surface area contributed by atoms with Gasteiger partial charge in [-0.05, 0) is 37.4 Å². The van der Waals surface area contributed by atoms with Gasteiger partial charge in [-0.2, -0.15) is 11.8 Å². The summed E-state index contributed by atoms with van der Waals surface area (Å²) in [6.45, 7) is 0.369. The summed E-state index contributed by atoms with van der Waals surface area (Å²) < 4.78 is 6.50. The molecule has 118 valence electrons. The molecule has 1 saturated heterocycles. The molecular formula is C15H19N3O3S. The van der Waals surface area contributed by atoms with E-state index in [1.165, 1.54) is 10.3 Å². The molecule has 6 nitrogen and oxygen atoms in total. The summed E-state index contributed by atoms with van der Waals surface area (Å²) in [5.41, 5.74) is 1.86. The standard InChI is InChI=1S/C15H19N3O3S/c1-17(11-5-6-22-9-11)8-14(19)16-10-3-4-13-12(7-10)18(2)15(20)21-13/h3-4,7,11H,5-6,8-9H2,1-2H3,(H,16,19)/t11-/m1/s1. The number of carbonyl (C=O) groups is 1. The first-order chi connectivity index (χ1) is 10.5. The summed E-state index contributed by atoms with van der Waals surface area (Å²) >= 11 is 1.93. The summed E-state index contributed by atoms with van der Waals surface area (Å²) in [5, 5.41) is 2.88. The van der Waals surface area contributed by atoms with E-state index in [1.54, 1.807) is 25.2 Å². The lowest BCUT2D eigenvalue weighted by molar-refractivity contribution is -0.117. The number of hydrogen-bond donors (Lipinski definition) is 1. The fourth-order valence-electron chi connectivity index (χ4n) is 2.63. The van der Waals surface area contributed by atoms with Crippen molar-refractivity contribution in [1.82, 2.24) is 9.47 Å². The van der Waals surface area contributed by atoms with Crippen molar-refractivity contribution in [3.05, 3.63) is 28.7 Å². The van der Waals surface area contributed by atoms with Crippen LogP contribution >= 0.6 is 11.8 Å². The van der Waals surface area contributed by atoms with Gasteiger partial charge >= 0.3 is 5.76 Å². The van der Waals surface area contributed by atoms with Crippen LogP contribution in [-0.2, 0) is 11.8 Å². The molecule has 0 bridgehead atoms. The Labute approximate surface area is 132 Å². The molecule has 0 radical (unpaired) electrons. The van der Waals surface area contributed by atoms with Gasteiger partial charge in [-0.1, -0.05) is 0 Å². The predicted molar refractivity (Wildman–Crippen MR) is 88.4 cm³/mol. The third kappa shape index (κ3) is 3.05. The lowest BCUT2D eigenvalue weighted by atomic mass is 10.2. The number of benzene rings is 1. The van der Waals surface area contributed by atoms with E-state index in [1.807, 2.05) is 18.8 Å². The van der Waals surface area contributed by atoms with Gasteiger partial charge in [-0.15, -0.1) is 0 Å². The Balaban J connectivity index is 1.68. The van der Waals surface area contributed by atoms with Crippen molar-refractivity contribution in [1.29, 1.82) is 0 Å². The van der Waals surface area contributed by atoms with E-state index in [4.69, 9.17) is 4.42 Å². The maximum absolute atomic E-state index is 12.2. The van der Waals surface area contributed by atoms with Gasteiger partial charge in [0.05, 0.1) is 12.1 Å². The lowest BCUT2D eigenvalue weighted by Gasteiger charge is -2.22. The molecule has 1 aliphatic heterocycles. The Bertz CT molecular complexity index is 746. The zero-order chi connectivity index (χ0) is 15.7. The number of aryl methyl sites for hydroxylation is 1. The fourth-order valence-corrected chi connectivity index (χ4v) is 3.93. The first kappa shape index (κ1) is 15.2. The Hall–Kier alpha value is -1.73. The number of anilines is 1. The second-order valence-electron chi connectivity index (χ2n) is 5.59. The SMILES string of the molecule is CN(CC(=O)Nc1ccc2oc(=O)n(C)c2c1)[C@@H]1CCSC1. The molecule has 0 spiro atoms. The molecular weight excluding hydrogens is 302 g/mol. The minimum atomic E-state index is -0.406. The van der Waals surface area contributed by atoms with Crippen LogP contribution in [0.2, 0.25) is 0 Å². The molecule has 22 heavy (non-hydrogen) atoms. The maximum atomic E-state index is 12.2. The molecule has 0 unspecified atom stereocenters. The topological polar surface area (TPSA) is 67.5 Å². The number of likely N-dealkylation sites (N-methyl/N-ethyl adjacent to an activating group) is 1. The first-order valence-electron chi connectivity index (χ1n) is 7.22. The third-order valence-corrected chi connectivity index (χ3v) is 5.14. The molecule has 3 rings (SSSR count). The zero-order valence-electron chi connectivity index (χ0n) is 12.7. The van der Waals surface area contributed by atoms with Crippen molar-refractivity contribution >= 4 is 34.5 Å². The second kappa shape index (κ2) is 6.18. The molecule has 0 saturated carbocycles. The van der Waals surface area contributed by atoms with Gasteiger partial charge in [0.15, 0.2) is 5.58 Å². The van der Waals surface area contributed by atoms with Crippen LogP contribution in [0.3, 0.4) is 0 Å². The van der Waals surface area contributed by atoms with Crippen LogP contribution in [0.25, 0.3) is 11.1 Å². The number of aromatic nitrogens is 1. The number of nitrogens with one attached hydrogen (secondary N) is 1. The quantitative estimate of drug-likeness (QED) is 0.924. The normalized spacial score (nSPS) is 18.2. The van der Waals surface area contributed by atoms with Gasteiger partial charge in [0.2, 0.25) is 5.91 Å². The minimum absolute atomic E-state index is 0.0488. The molecule has 1 amide bonds. The van der Waals surface area contributed by atoms with E-state index < -0.39 is 5.76 Å². The highest BCUT2D eigenvalue weighted by Gasteiger charge is 2.21. The second-order valence-corrected chi connectivity index (χ2v) is 6.74. The number of amides is 1. The zero-order valence-corrected chi connectivity index (χ0v) is 13.5. The van der Waals surface area contributed by atoms with Gasteiger partial charge in [-0.3, -0.25) is 14.3 Å². The van der Waals surface area contributed by atoms with E-state index in [9.17, 15) is 9.59 Å². The summed E-state index contributed by atoms with van der Waals surface area (Å²) in [6.07, 6.45) is 1.14. The molecule has 2 aromatic rings. The molecule has 1 aromatic heterocycles. The number of carbonyl (C=O) groups excluding carboxylic acids is 1. The van der Waals surface area contributed by atoms with Crippen molar-refractivity contribution in [3.8, 4) is 0 Å². The molecule has 7 heteroatoms. The predicted octanol–water partition coefficient (Wildman–Crippen LogP) is 1.51. The average molecular weight is 321 g/mol. The van der Waals surface area contributed by atoms with Crippen molar-refractivity contribution in [2.45, 2.75) is 12.5 Å². The van der Waals surface area contributed by atoms with Gasteiger partial charge in [-0.25, -0.2) is 4.79 Å². The number of fused-ring (bicyclic) bond motifs is 1. The monoisotopic (exact) mass is 321 g/mol. The van der Waals surface area contributed by atoms with Crippen LogP contribution in [0.4, 0.5) is 5.69 Å². The van der Waals surface area contributed by atoms with E-state index in [0.717, 1.165) is 12.2 Å². The average Bonchev–Trinajstić information content (AvgIpc) is 3.10. The molecule has 1 aromatic carbocycles. The Morgan fingerprint density at radius 2 is 2.36 bits per heavy atom. The van der Waals surface area contributed by atoms with Crippen LogP contribution in [-0.4, -0.2) is 46.5 Å². The van der Waals surface area contributed by atoms with Crippen LogP contribution < -0.4 is 11.1 Å². The van der Waals surface area contributed by atoms with Crippen LogP contribution in [0.15, 0.2) is 27.4 Å². The molecule has 2 heterocycles. The molecule has 1 fully saturated rings. The molecule has 1 aliphatic rings. The van der Waals surface area contributed by atoms with Crippen molar-refractivity contribution in [2.24, 2.45) is 7.05 Å².